The summed E-state index contributed by atoms with van der Waals surface area (Å²) in [6.45, 7) is 6.51. The molecule has 39 heavy (non-hydrogen) atoms. The van der Waals surface area contributed by atoms with E-state index in [9.17, 15) is 28.8 Å². The van der Waals surface area contributed by atoms with E-state index in [1.165, 1.54) is 6.92 Å². The SMILES string of the molecule is C=CC(=O)N[C@@H](CC(=O)N[C@@H]1O[C@H](COc2ccccc2)[C@@H](OC(C)=O)[C@H](OC(C)=O)[C@H]1NC(C)=O)C(N)=O. The summed E-state index contributed by atoms with van der Waals surface area (Å²) in [6.07, 6.45) is -4.69. The predicted molar refractivity (Wildman–Crippen MR) is 133 cm³/mol. The number of hydrogen-bond acceptors (Lipinski definition) is 10. The van der Waals surface area contributed by atoms with Crippen molar-refractivity contribution in [3.63, 3.8) is 0 Å². The summed E-state index contributed by atoms with van der Waals surface area (Å²) in [5, 5.41) is 7.29. The van der Waals surface area contributed by atoms with Crippen LogP contribution in [0.15, 0.2) is 43.0 Å². The van der Waals surface area contributed by atoms with Gasteiger partial charge in [0.1, 0.15) is 30.5 Å². The minimum atomic E-state index is -1.38. The maximum Gasteiger partial charge on any atom is 0.303 e. The highest BCUT2D eigenvalue weighted by Gasteiger charge is 2.51. The number of esters is 2. The van der Waals surface area contributed by atoms with Crippen molar-refractivity contribution in [2.45, 2.75) is 63.8 Å². The van der Waals surface area contributed by atoms with Crippen LogP contribution in [0.25, 0.3) is 0 Å². The molecule has 1 fully saturated rings. The fourth-order valence-electron chi connectivity index (χ4n) is 3.81. The van der Waals surface area contributed by atoms with Crippen LogP contribution in [0, 0.1) is 0 Å². The lowest BCUT2D eigenvalue weighted by molar-refractivity contribution is -0.224. The number of carbonyl (C=O) groups is 6. The Hall–Kier alpha value is -4.46. The molecule has 4 amide bonds. The van der Waals surface area contributed by atoms with Gasteiger partial charge in [-0.25, -0.2) is 0 Å². The van der Waals surface area contributed by atoms with Crippen LogP contribution in [-0.4, -0.2) is 78.8 Å². The summed E-state index contributed by atoms with van der Waals surface area (Å²) in [6, 6.07) is 5.98. The number of hydrogen-bond donors (Lipinski definition) is 4. The molecule has 1 aliphatic heterocycles. The molecule has 6 atom stereocenters. The van der Waals surface area contributed by atoms with Crippen molar-refractivity contribution >= 4 is 35.6 Å². The standard InChI is InChI=1S/C25H32N4O10/c1-5-19(33)28-17(24(26)35)11-20(34)29-25-21(27-13(2)30)23(38-15(4)32)22(37-14(3)31)18(39-25)12-36-16-9-7-6-8-10-16/h5-10,17-18,21-23,25H,1,11-12H2,2-4H3,(H2,26,35)(H,27,30)(H,28,33)(H,29,34)/t17-,18+,21+,22+,23+,25+/m0/s1. The Kier molecular flexibility index (Phi) is 11.4. The van der Waals surface area contributed by atoms with Crippen molar-refractivity contribution in [1.29, 1.82) is 0 Å². The molecule has 1 aromatic rings. The van der Waals surface area contributed by atoms with Gasteiger partial charge in [-0.1, -0.05) is 24.8 Å². The first kappa shape index (κ1) is 30.8. The van der Waals surface area contributed by atoms with Gasteiger partial charge in [0.15, 0.2) is 18.4 Å². The number of carbonyl (C=O) groups excluding carboxylic acids is 6. The molecule has 212 valence electrons. The van der Waals surface area contributed by atoms with Gasteiger partial charge in [0.2, 0.25) is 23.6 Å². The first-order chi connectivity index (χ1) is 18.4. The second-order valence-electron chi connectivity index (χ2n) is 8.53. The Labute approximate surface area is 224 Å². The summed E-state index contributed by atoms with van der Waals surface area (Å²) in [4.78, 5) is 72.3. The fourth-order valence-corrected chi connectivity index (χ4v) is 3.81. The third-order valence-electron chi connectivity index (χ3n) is 5.36. The normalized spacial score (nSPS) is 22.8. The van der Waals surface area contributed by atoms with Gasteiger partial charge in [0.05, 0.1) is 6.42 Å². The van der Waals surface area contributed by atoms with Crippen molar-refractivity contribution in [3.8, 4) is 5.75 Å². The zero-order valence-corrected chi connectivity index (χ0v) is 21.7. The summed E-state index contributed by atoms with van der Waals surface area (Å²) < 4.78 is 22.6. The number of ether oxygens (including phenoxy) is 4. The minimum absolute atomic E-state index is 0.210. The number of nitrogens with one attached hydrogen (secondary N) is 3. The summed E-state index contributed by atoms with van der Waals surface area (Å²) >= 11 is 0. The van der Waals surface area contributed by atoms with E-state index in [1.807, 2.05) is 0 Å². The molecule has 0 unspecified atom stereocenters. The molecule has 1 heterocycles. The van der Waals surface area contributed by atoms with Gasteiger partial charge in [0.25, 0.3) is 0 Å². The average Bonchev–Trinajstić information content (AvgIpc) is 2.85. The number of primary amides is 1. The Morgan fingerprint density at radius 3 is 2.15 bits per heavy atom. The maximum absolute atomic E-state index is 12.9. The minimum Gasteiger partial charge on any atom is -0.491 e. The molecular weight excluding hydrogens is 516 g/mol. The molecule has 5 N–H and O–H groups in total. The summed E-state index contributed by atoms with van der Waals surface area (Å²) in [5.74, 6) is -4.12. The van der Waals surface area contributed by atoms with Crippen LogP contribution >= 0.6 is 0 Å². The molecule has 0 saturated carbocycles. The molecule has 0 bridgehead atoms. The lowest BCUT2D eigenvalue weighted by Gasteiger charge is -2.45. The third-order valence-corrected chi connectivity index (χ3v) is 5.36. The zero-order valence-electron chi connectivity index (χ0n) is 21.7. The molecular formula is C25H32N4O10. The van der Waals surface area contributed by atoms with Crippen molar-refractivity contribution in [3.05, 3.63) is 43.0 Å². The Morgan fingerprint density at radius 2 is 1.62 bits per heavy atom. The van der Waals surface area contributed by atoms with E-state index < -0.39 is 78.6 Å². The lowest BCUT2D eigenvalue weighted by Crippen LogP contribution is -2.69. The lowest BCUT2D eigenvalue weighted by atomic mass is 9.94. The van der Waals surface area contributed by atoms with E-state index >= 15 is 0 Å². The van der Waals surface area contributed by atoms with E-state index in [-0.39, 0.29) is 6.61 Å². The first-order valence-electron chi connectivity index (χ1n) is 11.9. The third kappa shape index (κ3) is 9.74. The molecule has 1 aliphatic rings. The van der Waals surface area contributed by atoms with Crippen LogP contribution in [0.5, 0.6) is 5.75 Å². The quantitative estimate of drug-likeness (QED) is 0.182. The van der Waals surface area contributed by atoms with Gasteiger partial charge >= 0.3 is 11.9 Å². The van der Waals surface area contributed by atoms with Gasteiger partial charge < -0.3 is 40.6 Å². The Balaban J connectivity index is 2.38. The molecule has 2 rings (SSSR count). The van der Waals surface area contributed by atoms with Crippen LogP contribution in [-0.2, 0) is 43.0 Å². The molecule has 14 nitrogen and oxygen atoms in total. The number of para-hydroxylation sites is 1. The van der Waals surface area contributed by atoms with E-state index in [4.69, 9.17) is 24.7 Å². The highest BCUT2D eigenvalue weighted by atomic mass is 16.6. The van der Waals surface area contributed by atoms with Crippen molar-refractivity contribution in [2.75, 3.05) is 6.61 Å². The Bertz CT molecular complexity index is 1080. The van der Waals surface area contributed by atoms with Crippen LogP contribution in [0.1, 0.15) is 27.2 Å². The highest BCUT2D eigenvalue weighted by molar-refractivity contribution is 5.94. The molecule has 0 aromatic heterocycles. The zero-order chi connectivity index (χ0) is 29.1. The average molecular weight is 549 g/mol. The maximum atomic E-state index is 12.9. The number of nitrogens with two attached hydrogens (primary N) is 1. The highest BCUT2D eigenvalue weighted by Crippen LogP contribution is 2.27. The molecule has 1 aromatic carbocycles. The fraction of sp³-hybridized carbons (Fsp3) is 0.440. The monoisotopic (exact) mass is 548 g/mol. The van der Waals surface area contributed by atoms with E-state index in [2.05, 4.69) is 22.5 Å². The van der Waals surface area contributed by atoms with E-state index in [1.54, 1.807) is 30.3 Å². The number of amides is 4. The van der Waals surface area contributed by atoms with Crippen LogP contribution < -0.4 is 26.4 Å². The second-order valence-corrected chi connectivity index (χ2v) is 8.53. The van der Waals surface area contributed by atoms with Crippen molar-refractivity contribution in [2.24, 2.45) is 5.73 Å². The smallest absolute Gasteiger partial charge is 0.303 e. The molecule has 1 saturated heterocycles. The van der Waals surface area contributed by atoms with Gasteiger partial charge in [-0.05, 0) is 18.2 Å². The van der Waals surface area contributed by atoms with Crippen LogP contribution in [0.2, 0.25) is 0 Å². The Morgan fingerprint density at radius 1 is 1.00 bits per heavy atom. The summed E-state index contributed by atoms with van der Waals surface area (Å²) in [5.41, 5.74) is 5.29. The topological polar surface area (TPSA) is 201 Å². The van der Waals surface area contributed by atoms with Gasteiger partial charge in [-0.15, -0.1) is 0 Å². The van der Waals surface area contributed by atoms with Crippen molar-refractivity contribution in [1.82, 2.24) is 16.0 Å². The predicted octanol–water partition coefficient (Wildman–Crippen LogP) is -1.18. The molecule has 14 heteroatoms. The van der Waals surface area contributed by atoms with Gasteiger partial charge in [-0.2, -0.15) is 0 Å². The number of rotatable bonds is 12. The first-order valence-corrected chi connectivity index (χ1v) is 11.9. The second kappa shape index (κ2) is 14.5. The van der Waals surface area contributed by atoms with E-state index in [0.717, 1.165) is 19.9 Å². The van der Waals surface area contributed by atoms with Gasteiger partial charge in [-0.3, -0.25) is 28.8 Å². The molecule has 0 spiro atoms. The van der Waals surface area contributed by atoms with E-state index in [0.29, 0.717) is 5.75 Å². The largest absolute Gasteiger partial charge is 0.491 e. The molecule has 0 radical (unpaired) electrons. The van der Waals surface area contributed by atoms with Crippen LogP contribution in [0.3, 0.4) is 0 Å². The van der Waals surface area contributed by atoms with Crippen LogP contribution in [0.4, 0.5) is 0 Å². The van der Waals surface area contributed by atoms with Crippen molar-refractivity contribution < 1.29 is 47.7 Å². The van der Waals surface area contributed by atoms with Gasteiger partial charge in [0, 0.05) is 20.8 Å². The number of benzene rings is 1. The summed E-state index contributed by atoms with van der Waals surface area (Å²) in [7, 11) is 0. The molecule has 0 aliphatic carbocycles.